The molecule has 0 heterocycles. The fourth-order valence-corrected chi connectivity index (χ4v) is 5.22. The van der Waals surface area contributed by atoms with Crippen molar-refractivity contribution < 1.29 is 23.1 Å². The van der Waals surface area contributed by atoms with E-state index >= 15 is 0 Å². The van der Waals surface area contributed by atoms with Crippen LogP contribution < -0.4 is 4.74 Å². The smallest absolute Gasteiger partial charge is 0.308 e. The lowest BCUT2D eigenvalue weighted by Crippen LogP contribution is -2.13. The molecular formula is C17H15ClO5S. The van der Waals surface area contributed by atoms with Gasteiger partial charge in [-0.25, -0.2) is 8.42 Å². The molecule has 1 saturated carbocycles. The number of aliphatic carboxylic acids is 1. The fourth-order valence-electron chi connectivity index (χ4n) is 2.97. The van der Waals surface area contributed by atoms with Gasteiger partial charge in [0.2, 0.25) is 0 Å². The minimum atomic E-state index is -3.76. The van der Waals surface area contributed by atoms with Crippen molar-refractivity contribution in [3.63, 3.8) is 0 Å². The van der Waals surface area contributed by atoms with Gasteiger partial charge in [-0.2, -0.15) is 0 Å². The van der Waals surface area contributed by atoms with Crippen LogP contribution in [0.4, 0.5) is 0 Å². The predicted molar refractivity (Wildman–Crippen MR) is 89.3 cm³/mol. The number of carboxylic acids is 1. The van der Waals surface area contributed by atoms with Crippen molar-refractivity contribution in [3.8, 4) is 5.75 Å². The van der Waals surface area contributed by atoms with Crippen LogP contribution in [0.1, 0.15) is 11.5 Å². The molecule has 0 amide bonds. The van der Waals surface area contributed by atoms with Gasteiger partial charge in [0.1, 0.15) is 5.75 Å². The Kier molecular flexibility index (Phi) is 4.27. The number of benzene rings is 2. The molecule has 5 nitrogen and oxygen atoms in total. The van der Waals surface area contributed by atoms with E-state index in [4.69, 9.17) is 16.3 Å². The Morgan fingerprint density at radius 1 is 1.08 bits per heavy atom. The van der Waals surface area contributed by atoms with E-state index < -0.39 is 32.9 Å². The molecule has 1 N–H and O–H groups in total. The summed E-state index contributed by atoms with van der Waals surface area (Å²) in [7, 11) is -2.23. The number of halogens is 1. The molecule has 0 aliphatic heterocycles. The average molecular weight is 367 g/mol. The van der Waals surface area contributed by atoms with E-state index in [1.54, 1.807) is 24.3 Å². The highest BCUT2D eigenvalue weighted by Crippen LogP contribution is 2.54. The molecule has 0 saturated heterocycles. The standard InChI is InChI=1S/C17H15ClO5S/c1-23-12-6-2-10(3-7-12)14-15(17(19)20)16(14)24(21,22)13-8-4-11(18)5-9-13/h2-9,14-16H,1H3,(H,19,20). The Bertz CT molecular complexity index is 859. The Balaban J connectivity index is 1.96. The SMILES string of the molecule is COc1ccc(C2C(C(=O)O)C2S(=O)(=O)c2ccc(Cl)cc2)cc1. The maximum atomic E-state index is 12.8. The second-order valence-corrected chi connectivity index (χ2v) is 8.17. The third-order valence-corrected chi connectivity index (χ3v) is 6.72. The molecule has 0 bridgehead atoms. The highest BCUT2D eigenvalue weighted by molar-refractivity contribution is 7.92. The maximum Gasteiger partial charge on any atom is 0.308 e. The van der Waals surface area contributed by atoms with Crippen LogP contribution >= 0.6 is 11.6 Å². The summed E-state index contributed by atoms with van der Waals surface area (Å²) in [6.45, 7) is 0. The van der Waals surface area contributed by atoms with Crippen LogP contribution in [0.25, 0.3) is 0 Å². The largest absolute Gasteiger partial charge is 0.497 e. The molecule has 1 aliphatic carbocycles. The Labute approximate surface area is 144 Å². The molecule has 0 radical (unpaired) electrons. The van der Waals surface area contributed by atoms with E-state index in [1.165, 1.54) is 31.4 Å². The normalized spacial score (nSPS) is 22.8. The summed E-state index contributed by atoms with van der Waals surface area (Å²) in [6.07, 6.45) is 0. The highest BCUT2D eigenvalue weighted by Gasteiger charge is 2.63. The summed E-state index contributed by atoms with van der Waals surface area (Å²) in [5.41, 5.74) is 0.672. The van der Waals surface area contributed by atoms with Crippen molar-refractivity contribution in [2.45, 2.75) is 16.1 Å². The fraction of sp³-hybridized carbons (Fsp3) is 0.235. The number of hydrogen-bond acceptors (Lipinski definition) is 4. The van der Waals surface area contributed by atoms with Crippen LogP contribution in [-0.2, 0) is 14.6 Å². The van der Waals surface area contributed by atoms with Crippen LogP contribution in [0.5, 0.6) is 5.75 Å². The Morgan fingerprint density at radius 3 is 2.17 bits per heavy atom. The summed E-state index contributed by atoms with van der Waals surface area (Å²) in [5.74, 6) is -2.02. The first-order chi connectivity index (χ1) is 11.4. The van der Waals surface area contributed by atoms with Gasteiger partial charge in [0.05, 0.1) is 23.2 Å². The van der Waals surface area contributed by atoms with Gasteiger partial charge in [-0.1, -0.05) is 23.7 Å². The first kappa shape index (κ1) is 16.8. The lowest BCUT2D eigenvalue weighted by Gasteiger charge is -2.05. The van der Waals surface area contributed by atoms with Crippen molar-refractivity contribution in [1.29, 1.82) is 0 Å². The van der Waals surface area contributed by atoms with Crippen molar-refractivity contribution in [3.05, 3.63) is 59.1 Å². The van der Waals surface area contributed by atoms with Crippen molar-refractivity contribution in [2.24, 2.45) is 5.92 Å². The van der Waals surface area contributed by atoms with Crippen LogP contribution in [0.3, 0.4) is 0 Å². The van der Waals surface area contributed by atoms with E-state index in [1.807, 2.05) is 0 Å². The molecule has 1 aliphatic rings. The molecule has 2 aromatic carbocycles. The lowest BCUT2D eigenvalue weighted by molar-refractivity contribution is -0.138. The second kappa shape index (κ2) is 6.11. The van der Waals surface area contributed by atoms with Crippen LogP contribution in [0.2, 0.25) is 5.02 Å². The van der Waals surface area contributed by atoms with Crippen LogP contribution in [0, 0.1) is 5.92 Å². The molecule has 126 valence electrons. The van der Waals surface area contributed by atoms with Gasteiger partial charge in [-0.05, 0) is 42.0 Å². The van der Waals surface area contributed by atoms with E-state index in [9.17, 15) is 18.3 Å². The molecule has 0 spiro atoms. The summed E-state index contributed by atoms with van der Waals surface area (Å²) in [5, 5.41) is 8.84. The van der Waals surface area contributed by atoms with E-state index in [2.05, 4.69) is 0 Å². The number of sulfone groups is 1. The van der Waals surface area contributed by atoms with Crippen LogP contribution in [-0.4, -0.2) is 31.9 Å². The molecular weight excluding hydrogens is 352 g/mol. The Morgan fingerprint density at radius 2 is 1.67 bits per heavy atom. The van der Waals surface area contributed by atoms with Gasteiger partial charge in [-0.3, -0.25) is 4.79 Å². The zero-order valence-corrected chi connectivity index (χ0v) is 14.3. The number of ether oxygens (including phenoxy) is 1. The molecule has 3 rings (SSSR count). The van der Waals surface area contributed by atoms with Gasteiger partial charge in [0.25, 0.3) is 0 Å². The first-order valence-corrected chi connectivity index (χ1v) is 9.15. The van der Waals surface area contributed by atoms with E-state index in [0.717, 1.165) is 0 Å². The van der Waals surface area contributed by atoms with Gasteiger partial charge < -0.3 is 9.84 Å². The number of methoxy groups -OCH3 is 1. The minimum Gasteiger partial charge on any atom is -0.497 e. The molecule has 1 fully saturated rings. The molecule has 2 aromatic rings. The second-order valence-electron chi connectivity index (χ2n) is 5.63. The van der Waals surface area contributed by atoms with E-state index in [0.29, 0.717) is 16.3 Å². The van der Waals surface area contributed by atoms with Gasteiger partial charge in [0, 0.05) is 10.9 Å². The summed E-state index contributed by atoms with van der Waals surface area (Å²) >= 11 is 5.79. The van der Waals surface area contributed by atoms with Crippen molar-refractivity contribution in [1.82, 2.24) is 0 Å². The molecule has 3 atom stereocenters. The minimum absolute atomic E-state index is 0.0826. The van der Waals surface area contributed by atoms with Crippen LogP contribution in [0.15, 0.2) is 53.4 Å². The number of carboxylic acid groups (broad SMARTS) is 1. The molecule has 7 heteroatoms. The van der Waals surface area contributed by atoms with Gasteiger partial charge >= 0.3 is 5.97 Å². The average Bonchev–Trinajstić information content (AvgIpc) is 3.32. The Hall–Kier alpha value is -2.05. The molecule has 3 unspecified atom stereocenters. The van der Waals surface area contributed by atoms with Crippen molar-refractivity contribution in [2.75, 3.05) is 7.11 Å². The maximum absolute atomic E-state index is 12.8. The molecule has 0 aromatic heterocycles. The quantitative estimate of drug-likeness (QED) is 0.879. The lowest BCUT2D eigenvalue weighted by atomic mass is 10.1. The monoisotopic (exact) mass is 366 g/mol. The van der Waals surface area contributed by atoms with Crippen molar-refractivity contribution >= 4 is 27.4 Å². The summed E-state index contributed by atoms with van der Waals surface area (Å²) in [4.78, 5) is 11.6. The topological polar surface area (TPSA) is 80.7 Å². The summed E-state index contributed by atoms with van der Waals surface area (Å²) in [6, 6.07) is 12.6. The molecule has 24 heavy (non-hydrogen) atoms. The number of rotatable bonds is 5. The number of hydrogen-bond donors (Lipinski definition) is 1. The van der Waals surface area contributed by atoms with Gasteiger partial charge in [-0.15, -0.1) is 0 Å². The van der Waals surface area contributed by atoms with E-state index in [-0.39, 0.29) is 4.90 Å². The van der Waals surface area contributed by atoms with Gasteiger partial charge in [0.15, 0.2) is 9.84 Å². The highest BCUT2D eigenvalue weighted by atomic mass is 35.5. The first-order valence-electron chi connectivity index (χ1n) is 7.22. The predicted octanol–water partition coefficient (Wildman–Crippen LogP) is 2.99. The zero-order valence-electron chi connectivity index (χ0n) is 12.7. The third kappa shape index (κ3) is 2.87. The number of carbonyl (C=O) groups is 1. The zero-order chi connectivity index (χ0) is 17.5. The summed E-state index contributed by atoms with van der Waals surface area (Å²) < 4.78 is 30.7. The third-order valence-electron chi connectivity index (χ3n) is 4.24.